The van der Waals surface area contributed by atoms with Gasteiger partial charge in [-0.1, -0.05) is 6.07 Å². The monoisotopic (exact) mass is 455 g/mol. The summed E-state index contributed by atoms with van der Waals surface area (Å²) in [7, 11) is 0. The lowest BCUT2D eigenvalue weighted by atomic mass is 10.1. The van der Waals surface area contributed by atoms with Crippen LogP contribution in [0.3, 0.4) is 0 Å². The number of amides is 2. The minimum absolute atomic E-state index is 0.0498. The Labute approximate surface area is 180 Å². The third-order valence-corrected chi connectivity index (χ3v) is 5.07. The fraction of sp³-hybridized carbons (Fsp3) is 0.400. The standard InChI is InChI=1S/C18H19N3O4.C2HF3O2/c1-12-14(4-6-24-12)18(23)20-9-15-16(10-20)25-11-17(22)21(15)8-13-3-2-5-19-7-13;3-2(4,5)1(6)7/h2-7,15-16H,8-11H2,1H3;(H,6,7)/t15-,16-;/m1./s1. The molecular formula is C20H20F3N3O6. The Morgan fingerprint density at radius 2 is 2.00 bits per heavy atom. The summed E-state index contributed by atoms with van der Waals surface area (Å²) in [4.78, 5) is 41.6. The number of rotatable bonds is 3. The van der Waals surface area contributed by atoms with Crippen LogP contribution in [0.25, 0.3) is 0 Å². The minimum atomic E-state index is -5.08. The minimum Gasteiger partial charge on any atom is -0.475 e. The number of halogens is 3. The Morgan fingerprint density at radius 3 is 2.56 bits per heavy atom. The van der Waals surface area contributed by atoms with Crippen molar-refractivity contribution in [3.63, 3.8) is 0 Å². The van der Waals surface area contributed by atoms with Crippen LogP contribution < -0.4 is 0 Å². The largest absolute Gasteiger partial charge is 0.490 e. The van der Waals surface area contributed by atoms with Crippen molar-refractivity contribution in [3.05, 3.63) is 53.7 Å². The van der Waals surface area contributed by atoms with E-state index in [1.54, 1.807) is 35.2 Å². The van der Waals surface area contributed by atoms with Crippen molar-refractivity contribution in [1.82, 2.24) is 14.8 Å². The Kier molecular flexibility index (Phi) is 6.82. The van der Waals surface area contributed by atoms with Crippen LogP contribution in [0.2, 0.25) is 0 Å². The Balaban J connectivity index is 0.000000360. The van der Waals surface area contributed by atoms with E-state index in [1.165, 1.54) is 6.26 Å². The van der Waals surface area contributed by atoms with Crippen molar-refractivity contribution in [2.24, 2.45) is 0 Å². The predicted octanol–water partition coefficient (Wildman–Crippen LogP) is 1.87. The summed E-state index contributed by atoms with van der Waals surface area (Å²) in [5, 5.41) is 7.12. The number of alkyl halides is 3. The number of likely N-dealkylation sites (tertiary alicyclic amines) is 1. The number of hydrogen-bond donors (Lipinski definition) is 1. The second-order valence-corrected chi connectivity index (χ2v) is 7.20. The zero-order valence-corrected chi connectivity index (χ0v) is 16.9. The number of carboxylic acid groups (broad SMARTS) is 1. The Morgan fingerprint density at radius 1 is 1.28 bits per heavy atom. The molecule has 2 aliphatic rings. The number of aryl methyl sites for hydroxylation is 1. The SMILES string of the molecule is Cc1occc1C(=O)N1C[C@@H]2[C@@H](C1)OCC(=O)N2Cc1cccnc1.O=C(O)C(F)(F)F. The molecule has 0 unspecified atom stereocenters. The van der Waals surface area contributed by atoms with E-state index in [1.807, 2.05) is 12.1 Å². The lowest BCUT2D eigenvalue weighted by Crippen LogP contribution is -2.53. The third kappa shape index (κ3) is 5.25. The maximum Gasteiger partial charge on any atom is 0.490 e. The maximum atomic E-state index is 12.7. The number of carbonyl (C=O) groups excluding carboxylic acids is 2. The Bertz CT molecular complexity index is 978. The number of ether oxygens (including phenoxy) is 1. The number of furan rings is 1. The van der Waals surface area contributed by atoms with Gasteiger partial charge >= 0.3 is 12.1 Å². The number of nitrogens with zero attached hydrogens (tertiary/aromatic N) is 3. The van der Waals surface area contributed by atoms with Gasteiger partial charge in [-0.2, -0.15) is 13.2 Å². The van der Waals surface area contributed by atoms with Crippen LogP contribution in [-0.4, -0.2) is 75.7 Å². The number of hydrogen-bond acceptors (Lipinski definition) is 6. The molecule has 32 heavy (non-hydrogen) atoms. The molecule has 2 aliphatic heterocycles. The van der Waals surface area contributed by atoms with Crippen LogP contribution in [0.5, 0.6) is 0 Å². The highest BCUT2D eigenvalue weighted by molar-refractivity contribution is 5.95. The van der Waals surface area contributed by atoms with E-state index in [0.29, 0.717) is 31.0 Å². The van der Waals surface area contributed by atoms with Gasteiger partial charge in [0.15, 0.2) is 0 Å². The van der Waals surface area contributed by atoms with Gasteiger partial charge in [0.2, 0.25) is 5.91 Å². The van der Waals surface area contributed by atoms with E-state index in [0.717, 1.165) is 5.56 Å². The summed E-state index contributed by atoms with van der Waals surface area (Å²) in [5.41, 5.74) is 1.52. The van der Waals surface area contributed by atoms with Gasteiger partial charge in [0.1, 0.15) is 12.4 Å². The summed E-state index contributed by atoms with van der Waals surface area (Å²) < 4.78 is 42.7. The molecule has 2 atom stereocenters. The molecule has 4 rings (SSSR count). The van der Waals surface area contributed by atoms with Crippen molar-refractivity contribution in [3.8, 4) is 0 Å². The van der Waals surface area contributed by atoms with Crippen LogP contribution in [0.4, 0.5) is 13.2 Å². The van der Waals surface area contributed by atoms with Crippen molar-refractivity contribution < 1.29 is 41.8 Å². The first-order valence-electron chi connectivity index (χ1n) is 9.51. The molecule has 0 saturated carbocycles. The number of aromatic nitrogens is 1. The average Bonchev–Trinajstić information content (AvgIpc) is 3.36. The van der Waals surface area contributed by atoms with Gasteiger partial charge in [-0.05, 0) is 24.6 Å². The van der Waals surface area contributed by atoms with Crippen LogP contribution in [0, 0.1) is 6.92 Å². The van der Waals surface area contributed by atoms with Crippen LogP contribution in [-0.2, 0) is 20.9 Å². The molecule has 9 nitrogen and oxygen atoms in total. The molecule has 12 heteroatoms. The van der Waals surface area contributed by atoms with Crippen molar-refractivity contribution >= 4 is 17.8 Å². The summed E-state index contributed by atoms with van der Waals surface area (Å²) in [5.74, 6) is -2.30. The van der Waals surface area contributed by atoms with Gasteiger partial charge < -0.3 is 24.1 Å². The van der Waals surface area contributed by atoms with E-state index < -0.39 is 12.1 Å². The molecule has 0 spiro atoms. The molecular weight excluding hydrogens is 435 g/mol. The quantitative estimate of drug-likeness (QED) is 0.752. The van der Waals surface area contributed by atoms with Crippen LogP contribution in [0.1, 0.15) is 21.7 Å². The predicted molar refractivity (Wildman–Crippen MR) is 101 cm³/mol. The number of carboxylic acids is 1. The van der Waals surface area contributed by atoms with Gasteiger partial charge in [-0.15, -0.1) is 0 Å². The van der Waals surface area contributed by atoms with Gasteiger partial charge in [0.05, 0.1) is 24.0 Å². The highest BCUT2D eigenvalue weighted by atomic mass is 19.4. The van der Waals surface area contributed by atoms with E-state index >= 15 is 0 Å². The molecule has 2 aromatic rings. The summed E-state index contributed by atoms with van der Waals surface area (Å²) in [6, 6.07) is 5.33. The van der Waals surface area contributed by atoms with Crippen LogP contribution >= 0.6 is 0 Å². The molecule has 172 valence electrons. The molecule has 2 aromatic heterocycles. The molecule has 0 aliphatic carbocycles. The molecule has 0 bridgehead atoms. The first-order valence-corrected chi connectivity index (χ1v) is 9.51. The molecule has 4 heterocycles. The number of pyridine rings is 1. The summed E-state index contributed by atoms with van der Waals surface area (Å²) in [6.07, 6.45) is -0.271. The number of morpholine rings is 1. The zero-order valence-electron chi connectivity index (χ0n) is 16.9. The Hall–Kier alpha value is -3.41. The first kappa shape index (κ1) is 23.3. The number of aliphatic carboxylic acids is 1. The lowest BCUT2D eigenvalue weighted by molar-refractivity contribution is -0.192. The summed E-state index contributed by atoms with van der Waals surface area (Å²) >= 11 is 0. The topological polar surface area (TPSA) is 113 Å². The molecule has 2 amide bonds. The van der Waals surface area contributed by atoms with Crippen molar-refractivity contribution in [2.75, 3.05) is 19.7 Å². The third-order valence-electron chi connectivity index (χ3n) is 5.07. The second kappa shape index (κ2) is 9.39. The maximum absolute atomic E-state index is 12.7. The number of fused-ring (bicyclic) bond motifs is 1. The molecule has 2 saturated heterocycles. The van der Waals surface area contributed by atoms with Gasteiger partial charge in [-0.25, -0.2) is 4.79 Å². The molecule has 2 fully saturated rings. The fourth-order valence-electron chi connectivity index (χ4n) is 3.50. The summed E-state index contributed by atoms with van der Waals surface area (Å²) in [6.45, 7) is 3.23. The molecule has 0 aromatic carbocycles. The van der Waals surface area contributed by atoms with Gasteiger partial charge in [0.25, 0.3) is 5.91 Å². The lowest BCUT2D eigenvalue weighted by Gasteiger charge is -2.36. The van der Waals surface area contributed by atoms with E-state index in [2.05, 4.69) is 4.98 Å². The second-order valence-electron chi connectivity index (χ2n) is 7.20. The van der Waals surface area contributed by atoms with Crippen LogP contribution in [0.15, 0.2) is 41.3 Å². The molecule has 0 radical (unpaired) electrons. The van der Waals surface area contributed by atoms with Gasteiger partial charge in [-0.3, -0.25) is 14.6 Å². The average molecular weight is 455 g/mol. The van der Waals surface area contributed by atoms with Gasteiger partial charge in [0, 0.05) is 32.0 Å². The normalized spacial score (nSPS) is 20.4. The molecule has 1 N–H and O–H groups in total. The van der Waals surface area contributed by atoms with E-state index in [9.17, 15) is 22.8 Å². The zero-order chi connectivity index (χ0) is 23.5. The van der Waals surface area contributed by atoms with Crippen molar-refractivity contribution in [1.29, 1.82) is 0 Å². The smallest absolute Gasteiger partial charge is 0.475 e. The fourth-order valence-corrected chi connectivity index (χ4v) is 3.50. The van der Waals surface area contributed by atoms with E-state index in [4.69, 9.17) is 19.1 Å². The number of carbonyl (C=O) groups is 3. The highest BCUT2D eigenvalue weighted by Gasteiger charge is 2.45. The van der Waals surface area contributed by atoms with Crippen molar-refractivity contribution in [2.45, 2.75) is 31.8 Å². The first-order chi connectivity index (χ1) is 15.1. The highest BCUT2D eigenvalue weighted by Crippen LogP contribution is 2.27. The van der Waals surface area contributed by atoms with E-state index in [-0.39, 0.29) is 30.6 Å².